The van der Waals surface area contributed by atoms with Crippen LogP contribution in [-0.4, -0.2) is 4.57 Å². The summed E-state index contributed by atoms with van der Waals surface area (Å²) < 4.78 is 2.41. The van der Waals surface area contributed by atoms with Crippen molar-refractivity contribution in [1.82, 2.24) is 4.57 Å². The van der Waals surface area contributed by atoms with E-state index in [4.69, 9.17) is 0 Å². The Labute approximate surface area is 405 Å². The number of anilines is 3. The van der Waals surface area contributed by atoms with Gasteiger partial charge < -0.3 is 9.47 Å². The molecule has 0 aliphatic heterocycles. The Morgan fingerprint density at radius 3 is 1.91 bits per heavy atom. The number of fused-ring (bicyclic) bond motifs is 7. The molecule has 0 spiro atoms. The number of benzene rings is 10. The summed E-state index contributed by atoms with van der Waals surface area (Å²) in [6, 6.07) is 84.0. The summed E-state index contributed by atoms with van der Waals surface area (Å²) in [4.78, 5) is 2.49. The largest absolute Gasteiger partial charge is 0.310 e. The summed E-state index contributed by atoms with van der Waals surface area (Å²) in [6.45, 7) is 4.73. The van der Waals surface area contributed by atoms with E-state index in [-0.39, 0.29) is 5.41 Å². The highest BCUT2D eigenvalue weighted by molar-refractivity contribution is 6.10. The van der Waals surface area contributed by atoms with Gasteiger partial charge in [0.2, 0.25) is 0 Å². The van der Waals surface area contributed by atoms with Gasteiger partial charge in [0, 0.05) is 38.8 Å². The molecule has 0 atom stereocenters. The van der Waals surface area contributed by atoms with Crippen LogP contribution in [0.2, 0.25) is 0 Å². The zero-order valence-electron chi connectivity index (χ0n) is 39.4. The molecule has 2 aliphatic carbocycles. The summed E-state index contributed by atoms with van der Waals surface area (Å²) in [5, 5.41) is 5.22. The first kappa shape index (κ1) is 41.3. The molecule has 0 bridgehead atoms. The Kier molecular flexibility index (Phi) is 9.98. The van der Waals surface area contributed by atoms with Gasteiger partial charge in [-0.15, -0.1) is 0 Å². The van der Waals surface area contributed by atoms with E-state index < -0.39 is 0 Å². The van der Waals surface area contributed by atoms with Crippen LogP contribution in [0.15, 0.2) is 224 Å². The Hall–Kier alpha value is -7.94. The van der Waals surface area contributed by atoms with E-state index in [1.807, 2.05) is 0 Å². The summed E-state index contributed by atoms with van der Waals surface area (Å²) in [5.74, 6) is 0.577. The van der Waals surface area contributed by atoms with Gasteiger partial charge in [-0.1, -0.05) is 197 Å². The van der Waals surface area contributed by atoms with Gasteiger partial charge in [-0.05, 0) is 146 Å². The highest BCUT2D eigenvalue weighted by Crippen LogP contribution is 2.51. The molecule has 332 valence electrons. The minimum Gasteiger partial charge on any atom is -0.310 e. The first-order valence-corrected chi connectivity index (χ1v) is 24.9. The van der Waals surface area contributed by atoms with Crippen molar-refractivity contribution in [3.05, 3.63) is 241 Å². The molecule has 2 nitrogen and oxygen atoms in total. The molecule has 1 fully saturated rings. The van der Waals surface area contributed by atoms with E-state index in [1.165, 1.54) is 126 Å². The van der Waals surface area contributed by atoms with Crippen molar-refractivity contribution in [2.45, 2.75) is 57.3 Å². The number of aromatic nitrogens is 1. The molecule has 0 unspecified atom stereocenters. The lowest BCUT2D eigenvalue weighted by Gasteiger charge is -2.29. The lowest BCUT2D eigenvalue weighted by atomic mass is 9.80. The topological polar surface area (TPSA) is 8.17 Å². The van der Waals surface area contributed by atoms with E-state index in [0.29, 0.717) is 5.92 Å². The maximum atomic E-state index is 2.49. The Morgan fingerprint density at radius 2 is 1.06 bits per heavy atom. The number of nitrogens with zero attached hydrogens (tertiary/aromatic N) is 2. The first-order valence-electron chi connectivity index (χ1n) is 24.9. The zero-order valence-corrected chi connectivity index (χ0v) is 39.4. The summed E-state index contributed by atoms with van der Waals surface area (Å²) in [6.07, 6.45) is 6.46. The first-order chi connectivity index (χ1) is 34.0. The normalized spacial score (nSPS) is 14.3. The van der Waals surface area contributed by atoms with Crippen molar-refractivity contribution >= 4 is 49.6 Å². The van der Waals surface area contributed by atoms with E-state index in [2.05, 4.69) is 248 Å². The molecule has 0 radical (unpaired) electrons. The predicted molar refractivity (Wildman–Crippen MR) is 293 cm³/mol. The fourth-order valence-electron chi connectivity index (χ4n) is 12.2. The molecule has 69 heavy (non-hydrogen) atoms. The molecule has 0 amide bonds. The van der Waals surface area contributed by atoms with Gasteiger partial charge in [0.15, 0.2) is 0 Å². The fraction of sp³-hybridized carbons (Fsp3) is 0.134. The number of hydrogen-bond acceptors (Lipinski definition) is 1. The summed E-state index contributed by atoms with van der Waals surface area (Å²) in [5.41, 5.74) is 21.2. The van der Waals surface area contributed by atoms with Crippen LogP contribution >= 0.6 is 0 Å². The minimum atomic E-state index is -0.0610. The van der Waals surface area contributed by atoms with Gasteiger partial charge in [-0.2, -0.15) is 0 Å². The van der Waals surface area contributed by atoms with Gasteiger partial charge >= 0.3 is 0 Å². The van der Waals surface area contributed by atoms with Gasteiger partial charge in [-0.25, -0.2) is 0 Å². The van der Waals surface area contributed by atoms with Gasteiger partial charge in [-0.3, -0.25) is 0 Å². The van der Waals surface area contributed by atoms with E-state index >= 15 is 0 Å². The third-order valence-corrected chi connectivity index (χ3v) is 15.6. The van der Waals surface area contributed by atoms with Crippen molar-refractivity contribution in [2.24, 2.45) is 0 Å². The molecule has 1 saturated carbocycles. The van der Waals surface area contributed by atoms with Crippen molar-refractivity contribution < 1.29 is 0 Å². The molecule has 10 aromatic carbocycles. The maximum absolute atomic E-state index is 2.49. The van der Waals surface area contributed by atoms with Crippen LogP contribution < -0.4 is 4.90 Å². The van der Waals surface area contributed by atoms with E-state index in [0.717, 1.165) is 22.7 Å². The van der Waals surface area contributed by atoms with Crippen molar-refractivity contribution in [2.75, 3.05) is 4.90 Å². The highest BCUT2D eigenvalue weighted by Gasteiger charge is 2.35. The standard InChI is InChI=1S/C67H54N2/c1-67(2)61-31-12-9-26-55(61)56-40-36-49(43-62(56)67)45-34-38-52(39-35-45)68(63-32-13-11-28-58(63)60-30-17-21-47-20-16-29-54(66(47)60)46-18-5-3-6-19-46)53-25-15-22-48(42-53)50-37-41-59-57-27-10-14-33-64(57)69(65(59)44-50)51-23-7-4-8-24-51/h4,7-17,20-44,46H,3,5-6,18-19H2,1-2H3. The number of rotatable bonds is 8. The predicted octanol–water partition coefficient (Wildman–Crippen LogP) is 18.8. The van der Waals surface area contributed by atoms with Crippen LogP contribution in [-0.2, 0) is 5.41 Å². The lowest BCUT2D eigenvalue weighted by molar-refractivity contribution is 0.445. The Bertz CT molecular complexity index is 3730. The van der Waals surface area contributed by atoms with Crippen LogP contribution in [0.1, 0.15) is 68.6 Å². The second kappa shape index (κ2) is 16.7. The third kappa shape index (κ3) is 6.92. The Balaban J connectivity index is 0.969. The average Bonchev–Trinajstić information content (AvgIpc) is 3.86. The summed E-state index contributed by atoms with van der Waals surface area (Å²) >= 11 is 0. The molecular weight excluding hydrogens is 833 g/mol. The van der Waals surface area contributed by atoms with Crippen molar-refractivity contribution in [3.63, 3.8) is 0 Å². The molecule has 11 aromatic rings. The molecular formula is C67H54N2. The molecule has 0 N–H and O–H groups in total. The van der Waals surface area contributed by atoms with Crippen LogP contribution in [0.5, 0.6) is 0 Å². The Morgan fingerprint density at radius 1 is 0.420 bits per heavy atom. The molecule has 0 saturated heterocycles. The third-order valence-electron chi connectivity index (χ3n) is 15.6. The monoisotopic (exact) mass is 886 g/mol. The second-order valence-corrected chi connectivity index (χ2v) is 19.9. The van der Waals surface area contributed by atoms with Crippen LogP contribution in [0, 0.1) is 0 Å². The van der Waals surface area contributed by atoms with Crippen molar-refractivity contribution in [3.8, 4) is 50.2 Å². The van der Waals surface area contributed by atoms with E-state index in [1.54, 1.807) is 0 Å². The average molecular weight is 887 g/mol. The molecule has 2 heteroatoms. The van der Waals surface area contributed by atoms with Gasteiger partial charge in [0.25, 0.3) is 0 Å². The van der Waals surface area contributed by atoms with E-state index in [9.17, 15) is 0 Å². The van der Waals surface area contributed by atoms with Gasteiger partial charge in [0.05, 0.1) is 16.7 Å². The molecule has 13 rings (SSSR count). The second-order valence-electron chi connectivity index (χ2n) is 19.9. The van der Waals surface area contributed by atoms with Crippen molar-refractivity contribution in [1.29, 1.82) is 0 Å². The maximum Gasteiger partial charge on any atom is 0.0547 e. The zero-order chi connectivity index (χ0) is 46.1. The minimum absolute atomic E-state index is 0.0610. The number of para-hydroxylation sites is 3. The highest BCUT2D eigenvalue weighted by atomic mass is 15.1. The molecule has 2 aliphatic rings. The summed E-state index contributed by atoms with van der Waals surface area (Å²) in [7, 11) is 0. The lowest BCUT2D eigenvalue weighted by Crippen LogP contribution is -2.14. The molecule has 1 aromatic heterocycles. The van der Waals surface area contributed by atoms with Gasteiger partial charge in [0.1, 0.15) is 0 Å². The SMILES string of the molecule is CC1(C)c2ccccc2-c2ccc(-c3ccc(N(c4cccc(-c5ccc6c7ccccc7n(-c7ccccc7)c6c5)c4)c4ccccc4-c4cccc5cccc(C6CCCCC6)c45)cc3)cc21. The smallest absolute Gasteiger partial charge is 0.0547 e. The van der Waals surface area contributed by atoms with Crippen LogP contribution in [0.3, 0.4) is 0 Å². The molecule has 1 heterocycles. The number of hydrogen-bond donors (Lipinski definition) is 0. The van der Waals surface area contributed by atoms with Crippen LogP contribution in [0.25, 0.3) is 82.8 Å². The quantitative estimate of drug-likeness (QED) is 0.148. The fourth-order valence-corrected chi connectivity index (χ4v) is 12.2. The van der Waals surface area contributed by atoms with Crippen LogP contribution in [0.4, 0.5) is 17.1 Å².